The molecule has 0 saturated carbocycles. The average molecular weight is 337 g/mol. The van der Waals surface area contributed by atoms with Gasteiger partial charge in [-0.2, -0.15) is 5.10 Å². The lowest BCUT2D eigenvalue weighted by molar-refractivity contribution is 0.0622. The van der Waals surface area contributed by atoms with Crippen LogP contribution in [0, 0.1) is 0 Å². The van der Waals surface area contributed by atoms with Crippen molar-refractivity contribution in [2.45, 2.75) is 6.54 Å². The lowest BCUT2D eigenvalue weighted by Crippen LogP contribution is -2.48. The fourth-order valence-corrected chi connectivity index (χ4v) is 3.01. The molecule has 1 fully saturated rings. The monoisotopic (exact) mass is 337 g/mol. The van der Waals surface area contributed by atoms with E-state index in [1.54, 1.807) is 24.6 Å². The van der Waals surface area contributed by atoms with Crippen molar-refractivity contribution < 1.29 is 9.21 Å². The van der Waals surface area contributed by atoms with E-state index in [0.717, 1.165) is 19.6 Å². The quantitative estimate of drug-likeness (QED) is 0.788. The third-order valence-electron chi connectivity index (χ3n) is 4.37. The number of carbonyl (C=O) groups excluding carboxylic acids is 1. The van der Waals surface area contributed by atoms with Crippen LogP contribution in [0.1, 0.15) is 16.1 Å². The zero-order valence-corrected chi connectivity index (χ0v) is 13.8. The Balaban J connectivity index is 1.35. The van der Waals surface area contributed by atoms with Crippen LogP contribution in [0.3, 0.4) is 0 Å². The van der Waals surface area contributed by atoms with Gasteiger partial charge in [0.15, 0.2) is 11.5 Å². The molecule has 4 rings (SSSR count). The summed E-state index contributed by atoms with van der Waals surface area (Å²) >= 11 is 0. The Kier molecular flexibility index (Phi) is 4.30. The molecule has 7 heteroatoms. The molecule has 7 nitrogen and oxygen atoms in total. The molecule has 0 aliphatic carbocycles. The Labute approximate surface area is 145 Å². The Bertz CT molecular complexity index is 820. The maximum Gasteiger partial charge on any atom is 0.274 e. The normalized spacial score (nSPS) is 15.4. The van der Waals surface area contributed by atoms with E-state index in [9.17, 15) is 4.79 Å². The van der Waals surface area contributed by atoms with Gasteiger partial charge < -0.3 is 9.32 Å². The third-order valence-corrected chi connectivity index (χ3v) is 4.37. The number of carbonyl (C=O) groups is 1. The number of H-pyrrole nitrogens is 1. The van der Waals surface area contributed by atoms with Gasteiger partial charge in [-0.1, -0.05) is 6.07 Å². The number of aromatic amines is 1. The molecular formula is C18H19N5O2. The van der Waals surface area contributed by atoms with Crippen molar-refractivity contribution >= 4 is 5.91 Å². The fourth-order valence-electron chi connectivity index (χ4n) is 3.01. The van der Waals surface area contributed by atoms with Gasteiger partial charge in [-0.05, 0) is 23.8 Å². The molecule has 128 valence electrons. The minimum atomic E-state index is -0.0462. The number of hydrogen-bond donors (Lipinski definition) is 1. The van der Waals surface area contributed by atoms with Gasteiger partial charge >= 0.3 is 0 Å². The molecule has 1 aliphatic rings. The molecule has 0 unspecified atom stereocenters. The number of piperazine rings is 1. The minimum Gasteiger partial charge on any atom is -0.463 e. The van der Waals surface area contributed by atoms with Crippen LogP contribution in [0.25, 0.3) is 11.5 Å². The Morgan fingerprint density at radius 3 is 2.80 bits per heavy atom. The first-order valence-corrected chi connectivity index (χ1v) is 8.29. The maximum atomic E-state index is 12.6. The van der Waals surface area contributed by atoms with Crippen molar-refractivity contribution in [3.8, 4) is 11.5 Å². The van der Waals surface area contributed by atoms with Crippen LogP contribution in [-0.4, -0.2) is 57.1 Å². The van der Waals surface area contributed by atoms with Crippen molar-refractivity contribution in [3.63, 3.8) is 0 Å². The summed E-state index contributed by atoms with van der Waals surface area (Å²) in [5.74, 6) is 0.628. The molecule has 1 aliphatic heterocycles. The van der Waals surface area contributed by atoms with Gasteiger partial charge in [0.05, 0.1) is 6.26 Å². The number of aromatic nitrogens is 3. The van der Waals surface area contributed by atoms with E-state index in [4.69, 9.17) is 4.42 Å². The number of amides is 1. The summed E-state index contributed by atoms with van der Waals surface area (Å²) in [6.45, 7) is 3.94. The van der Waals surface area contributed by atoms with Crippen molar-refractivity contribution in [2.24, 2.45) is 0 Å². The van der Waals surface area contributed by atoms with Crippen LogP contribution >= 0.6 is 0 Å². The summed E-state index contributed by atoms with van der Waals surface area (Å²) in [4.78, 5) is 21.0. The van der Waals surface area contributed by atoms with Gasteiger partial charge in [0, 0.05) is 51.2 Å². The van der Waals surface area contributed by atoms with Gasteiger partial charge in [-0.15, -0.1) is 0 Å². The maximum absolute atomic E-state index is 12.6. The highest BCUT2D eigenvalue weighted by atomic mass is 16.3. The number of nitrogens with zero attached hydrogens (tertiary/aromatic N) is 4. The Morgan fingerprint density at radius 2 is 2.08 bits per heavy atom. The van der Waals surface area contributed by atoms with Gasteiger partial charge in [0.1, 0.15) is 5.69 Å². The van der Waals surface area contributed by atoms with E-state index in [-0.39, 0.29) is 5.91 Å². The van der Waals surface area contributed by atoms with Crippen molar-refractivity contribution in [3.05, 3.63) is 60.2 Å². The van der Waals surface area contributed by atoms with Gasteiger partial charge in [0.25, 0.3) is 5.91 Å². The fraction of sp³-hybridized carbons (Fsp3) is 0.278. The summed E-state index contributed by atoms with van der Waals surface area (Å²) in [6, 6.07) is 9.40. The summed E-state index contributed by atoms with van der Waals surface area (Å²) in [6.07, 6.45) is 5.26. The van der Waals surface area contributed by atoms with Crippen LogP contribution < -0.4 is 0 Å². The highest BCUT2D eigenvalue weighted by Gasteiger charge is 2.24. The van der Waals surface area contributed by atoms with Crippen LogP contribution in [0.15, 0.2) is 53.4 Å². The van der Waals surface area contributed by atoms with Crippen molar-refractivity contribution in [1.82, 2.24) is 25.0 Å². The molecule has 0 aromatic carbocycles. The lowest BCUT2D eigenvalue weighted by Gasteiger charge is -2.34. The van der Waals surface area contributed by atoms with Crippen molar-refractivity contribution in [1.29, 1.82) is 0 Å². The van der Waals surface area contributed by atoms with Gasteiger partial charge in [-0.25, -0.2) is 0 Å². The summed E-state index contributed by atoms with van der Waals surface area (Å²) in [5, 5.41) is 7.00. The summed E-state index contributed by atoms with van der Waals surface area (Å²) in [5.41, 5.74) is 2.33. The molecular weight excluding hydrogens is 318 g/mol. The minimum absolute atomic E-state index is 0.0462. The second-order valence-corrected chi connectivity index (χ2v) is 6.07. The highest BCUT2D eigenvalue weighted by Crippen LogP contribution is 2.19. The summed E-state index contributed by atoms with van der Waals surface area (Å²) in [7, 11) is 0. The zero-order valence-electron chi connectivity index (χ0n) is 13.8. The molecule has 0 radical (unpaired) electrons. The van der Waals surface area contributed by atoms with Crippen LogP contribution in [0.2, 0.25) is 0 Å². The molecule has 25 heavy (non-hydrogen) atoms. The zero-order chi connectivity index (χ0) is 17.1. The molecule has 0 atom stereocenters. The Morgan fingerprint density at radius 1 is 1.20 bits per heavy atom. The number of hydrogen-bond acceptors (Lipinski definition) is 5. The molecule has 3 aromatic rings. The van der Waals surface area contributed by atoms with Crippen LogP contribution in [0.5, 0.6) is 0 Å². The predicted molar refractivity (Wildman–Crippen MR) is 91.7 cm³/mol. The van der Waals surface area contributed by atoms with E-state index in [1.165, 1.54) is 5.56 Å². The number of rotatable bonds is 4. The number of nitrogens with one attached hydrogen (secondary N) is 1. The molecule has 0 spiro atoms. The Hall–Kier alpha value is -2.93. The highest BCUT2D eigenvalue weighted by molar-refractivity contribution is 5.93. The molecule has 0 bridgehead atoms. The van der Waals surface area contributed by atoms with E-state index in [2.05, 4.69) is 26.1 Å². The topological polar surface area (TPSA) is 78.3 Å². The third kappa shape index (κ3) is 3.46. The van der Waals surface area contributed by atoms with E-state index in [1.807, 2.05) is 23.2 Å². The van der Waals surface area contributed by atoms with Crippen molar-refractivity contribution in [2.75, 3.05) is 26.2 Å². The SMILES string of the molecule is O=C(c1cc(-c2ccco2)[nH]n1)N1CCN(Cc2cccnc2)CC1. The second-order valence-electron chi connectivity index (χ2n) is 6.07. The smallest absolute Gasteiger partial charge is 0.274 e. The number of furan rings is 1. The lowest BCUT2D eigenvalue weighted by atomic mass is 10.2. The molecule has 1 amide bonds. The van der Waals surface area contributed by atoms with Crippen LogP contribution in [-0.2, 0) is 6.54 Å². The molecule has 3 aromatic heterocycles. The first kappa shape index (κ1) is 15.6. The first-order valence-electron chi connectivity index (χ1n) is 8.29. The predicted octanol–water partition coefficient (Wildman–Crippen LogP) is 2.02. The summed E-state index contributed by atoms with van der Waals surface area (Å²) < 4.78 is 5.32. The van der Waals surface area contributed by atoms with E-state index >= 15 is 0 Å². The molecule has 1 saturated heterocycles. The standard InChI is InChI=1S/C18H19N5O2/c24-18(16-11-15(20-21-16)17-4-2-10-25-17)23-8-6-22(7-9-23)13-14-3-1-5-19-12-14/h1-5,10-12H,6-9,13H2,(H,20,21). The number of pyridine rings is 1. The molecule has 4 heterocycles. The second kappa shape index (κ2) is 6.90. The van der Waals surface area contributed by atoms with E-state index in [0.29, 0.717) is 30.2 Å². The molecule has 1 N–H and O–H groups in total. The average Bonchev–Trinajstić information content (AvgIpc) is 3.34. The largest absolute Gasteiger partial charge is 0.463 e. The van der Waals surface area contributed by atoms with Gasteiger partial charge in [0.2, 0.25) is 0 Å². The van der Waals surface area contributed by atoms with Crippen LogP contribution in [0.4, 0.5) is 0 Å². The van der Waals surface area contributed by atoms with E-state index < -0.39 is 0 Å². The first-order chi connectivity index (χ1) is 12.3. The van der Waals surface area contributed by atoms with Gasteiger partial charge in [-0.3, -0.25) is 19.8 Å².